The van der Waals surface area contributed by atoms with Crippen LogP contribution in [0.15, 0.2) is 18.2 Å². The smallest absolute Gasteiger partial charge is 0.227 e. The number of nitrogens with two attached hydrogens (primary N) is 1. The van der Waals surface area contributed by atoms with Crippen molar-refractivity contribution in [2.75, 3.05) is 33.9 Å². The first-order valence-corrected chi connectivity index (χ1v) is 6.87. The van der Waals surface area contributed by atoms with Gasteiger partial charge in [-0.05, 0) is 31.0 Å². The van der Waals surface area contributed by atoms with Crippen LogP contribution in [0, 0.1) is 5.92 Å². The average molecular weight is 278 g/mol. The SMILES string of the molecule is COc1cccc(OC)c1CC(=O)N1CC[C@@H](CN)C1. The fourth-order valence-corrected chi connectivity index (χ4v) is 2.62. The first-order chi connectivity index (χ1) is 9.69. The summed E-state index contributed by atoms with van der Waals surface area (Å²) in [5.74, 6) is 1.90. The summed E-state index contributed by atoms with van der Waals surface area (Å²) >= 11 is 0. The summed E-state index contributed by atoms with van der Waals surface area (Å²) in [5, 5.41) is 0. The van der Waals surface area contributed by atoms with Gasteiger partial charge in [0.1, 0.15) is 11.5 Å². The first kappa shape index (κ1) is 14.7. The van der Waals surface area contributed by atoms with E-state index in [2.05, 4.69) is 0 Å². The molecule has 1 amide bonds. The zero-order chi connectivity index (χ0) is 14.5. The van der Waals surface area contributed by atoms with Crippen molar-refractivity contribution in [1.82, 2.24) is 4.90 Å². The third kappa shape index (κ3) is 3.04. The molecule has 1 aromatic rings. The Morgan fingerprint density at radius 3 is 2.50 bits per heavy atom. The van der Waals surface area contributed by atoms with Crippen LogP contribution in [0.25, 0.3) is 0 Å². The van der Waals surface area contributed by atoms with E-state index in [1.54, 1.807) is 14.2 Å². The zero-order valence-corrected chi connectivity index (χ0v) is 12.1. The van der Waals surface area contributed by atoms with Crippen molar-refractivity contribution in [1.29, 1.82) is 0 Å². The van der Waals surface area contributed by atoms with Crippen molar-refractivity contribution in [2.45, 2.75) is 12.8 Å². The molecular weight excluding hydrogens is 256 g/mol. The van der Waals surface area contributed by atoms with Crippen molar-refractivity contribution in [3.63, 3.8) is 0 Å². The van der Waals surface area contributed by atoms with E-state index in [9.17, 15) is 4.79 Å². The van der Waals surface area contributed by atoms with Gasteiger partial charge in [-0.15, -0.1) is 0 Å². The molecule has 0 radical (unpaired) electrons. The quantitative estimate of drug-likeness (QED) is 0.874. The molecule has 1 aliphatic rings. The van der Waals surface area contributed by atoms with Crippen LogP contribution in [-0.4, -0.2) is 44.7 Å². The molecule has 2 rings (SSSR count). The van der Waals surface area contributed by atoms with Crippen LogP contribution < -0.4 is 15.2 Å². The lowest BCUT2D eigenvalue weighted by molar-refractivity contribution is -0.129. The lowest BCUT2D eigenvalue weighted by Gasteiger charge is -2.18. The number of methoxy groups -OCH3 is 2. The molecule has 5 heteroatoms. The first-order valence-electron chi connectivity index (χ1n) is 6.87. The molecule has 0 aliphatic carbocycles. The lowest BCUT2D eigenvalue weighted by Crippen LogP contribution is -2.31. The van der Waals surface area contributed by atoms with E-state index < -0.39 is 0 Å². The second-order valence-corrected chi connectivity index (χ2v) is 5.05. The number of carbonyl (C=O) groups excluding carboxylic acids is 1. The normalized spacial score (nSPS) is 18.1. The molecule has 0 bridgehead atoms. The van der Waals surface area contributed by atoms with Crippen LogP contribution in [0.5, 0.6) is 11.5 Å². The average Bonchev–Trinajstić information content (AvgIpc) is 2.96. The maximum Gasteiger partial charge on any atom is 0.227 e. The minimum absolute atomic E-state index is 0.101. The second kappa shape index (κ2) is 6.61. The minimum atomic E-state index is 0.101. The summed E-state index contributed by atoms with van der Waals surface area (Å²) in [6.45, 7) is 2.19. The Labute approximate surface area is 119 Å². The highest BCUT2D eigenvalue weighted by Crippen LogP contribution is 2.29. The molecular formula is C15H22N2O3. The maximum atomic E-state index is 12.4. The van der Waals surface area contributed by atoms with Gasteiger partial charge in [-0.3, -0.25) is 4.79 Å². The third-order valence-electron chi connectivity index (χ3n) is 3.83. The minimum Gasteiger partial charge on any atom is -0.496 e. The van der Waals surface area contributed by atoms with Crippen LogP contribution in [0.2, 0.25) is 0 Å². The molecule has 0 unspecified atom stereocenters. The number of likely N-dealkylation sites (tertiary alicyclic amines) is 1. The van der Waals surface area contributed by atoms with E-state index in [4.69, 9.17) is 15.2 Å². The second-order valence-electron chi connectivity index (χ2n) is 5.05. The van der Waals surface area contributed by atoms with Gasteiger partial charge < -0.3 is 20.1 Å². The van der Waals surface area contributed by atoms with E-state index in [0.717, 1.165) is 25.1 Å². The topological polar surface area (TPSA) is 64.8 Å². The fourth-order valence-electron chi connectivity index (χ4n) is 2.62. The summed E-state index contributed by atoms with van der Waals surface area (Å²) in [6.07, 6.45) is 1.29. The largest absolute Gasteiger partial charge is 0.496 e. The molecule has 110 valence electrons. The lowest BCUT2D eigenvalue weighted by atomic mass is 10.1. The number of amides is 1. The van der Waals surface area contributed by atoms with Crippen molar-refractivity contribution >= 4 is 5.91 Å². The van der Waals surface area contributed by atoms with E-state index in [-0.39, 0.29) is 5.91 Å². The monoisotopic (exact) mass is 278 g/mol. The number of rotatable bonds is 5. The van der Waals surface area contributed by atoms with Gasteiger partial charge in [0.05, 0.1) is 20.6 Å². The number of carbonyl (C=O) groups is 1. The van der Waals surface area contributed by atoms with Crippen LogP contribution in [-0.2, 0) is 11.2 Å². The van der Waals surface area contributed by atoms with Crippen LogP contribution in [0.4, 0.5) is 0 Å². The van der Waals surface area contributed by atoms with E-state index in [0.29, 0.717) is 30.4 Å². The van der Waals surface area contributed by atoms with Gasteiger partial charge in [0.15, 0.2) is 0 Å². The van der Waals surface area contributed by atoms with Gasteiger partial charge in [0.2, 0.25) is 5.91 Å². The molecule has 1 atom stereocenters. The molecule has 20 heavy (non-hydrogen) atoms. The van der Waals surface area contributed by atoms with Crippen LogP contribution >= 0.6 is 0 Å². The fraction of sp³-hybridized carbons (Fsp3) is 0.533. The predicted molar refractivity (Wildman–Crippen MR) is 77.0 cm³/mol. The highest BCUT2D eigenvalue weighted by Gasteiger charge is 2.26. The molecule has 0 spiro atoms. The Morgan fingerprint density at radius 2 is 2.00 bits per heavy atom. The maximum absolute atomic E-state index is 12.4. The zero-order valence-electron chi connectivity index (χ0n) is 12.1. The number of hydrogen-bond donors (Lipinski definition) is 1. The van der Waals surface area contributed by atoms with Gasteiger partial charge in [-0.2, -0.15) is 0 Å². The molecule has 1 fully saturated rings. The molecule has 0 aromatic heterocycles. The Bertz CT molecular complexity index is 454. The van der Waals surface area contributed by atoms with Crippen molar-refractivity contribution in [2.24, 2.45) is 11.7 Å². The van der Waals surface area contributed by atoms with E-state index in [1.165, 1.54) is 0 Å². The summed E-state index contributed by atoms with van der Waals surface area (Å²) in [5.41, 5.74) is 6.47. The van der Waals surface area contributed by atoms with Crippen molar-refractivity contribution < 1.29 is 14.3 Å². The van der Waals surface area contributed by atoms with Crippen molar-refractivity contribution in [3.8, 4) is 11.5 Å². The van der Waals surface area contributed by atoms with Gasteiger partial charge in [-0.25, -0.2) is 0 Å². The van der Waals surface area contributed by atoms with Crippen LogP contribution in [0.1, 0.15) is 12.0 Å². The molecule has 1 heterocycles. The highest BCUT2D eigenvalue weighted by atomic mass is 16.5. The highest BCUT2D eigenvalue weighted by molar-refractivity contribution is 5.80. The van der Waals surface area contributed by atoms with E-state index in [1.807, 2.05) is 23.1 Å². The molecule has 2 N–H and O–H groups in total. The van der Waals surface area contributed by atoms with Gasteiger partial charge in [0, 0.05) is 18.7 Å². The molecule has 1 aromatic carbocycles. The number of hydrogen-bond acceptors (Lipinski definition) is 4. The Balaban J connectivity index is 2.11. The Hall–Kier alpha value is -1.75. The summed E-state index contributed by atoms with van der Waals surface area (Å²) in [7, 11) is 3.20. The van der Waals surface area contributed by atoms with Crippen LogP contribution in [0.3, 0.4) is 0 Å². The molecule has 1 saturated heterocycles. The number of ether oxygens (including phenoxy) is 2. The Kier molecular flexibility index (Phi) is 4.84. The summed E-state index contributed by atoms with van der Waals surface area (Å²) < 4.78 is 10.6. The Morgan fingerprint density at radius 1 is 1.35 bits per heavy atom. The predicted octanol–water partition coefficient (Wildman–Crippen LogP) is 1.05. The molecule has 0 saturated carbocycles. The molecule has 1 aliphatic heterocycles. The van der Waals surface area contributed by atoms with Gasteiger partial charge in [-0.1, -0.05) is 6.07 Å². The van der Waals surface area contributed by atoms with Gasteiger partial charge >= 0.3 is 0 Å². The summed E-state index contributed by atoms with van der Waals surface area (Å²) in [4.78, 5) is 14.3. The molecule has 5 nitrogen and oxygen atoms in total. The number of nitrogens with zero attached hydrogens (tertiary/aromatic N) is 1. The van der Waals surface area contributed by atoms with Gasteiger partial charge in [0.25, 0.3) is 0 Å². The summed E-state index contributed by atoms with van der Waals surface area (Å²) in [6, 6.07) is 5.54. The van der Waals surface area contributed by atoms with Crippen molar-refractivity contribution in [3.05, 3.63) is 23.8 Å². The van der Waals surface area contributed by atoms with E-state index >= 15 is 0 Å². The third-order valence-corrected chi connectivity index (χ3v) is 3.83. The number of benzene rings is 1. The standard InChI is InChI=1S/C15H22N2O3/c1-19-13-4-3-5-14(20-2)12(13)8-15(18)17-7-6-11(9-16)10-17/h3-5,11H,6-10,16H2,1-2H3/t11-/m0/s1.